The molecule has 204 valence electrons. The number of carbonyl (C=O) groups excluding carboxylic acids is 2. The quantitative estimate of drug-likeness (QED) is 0.201. The van der Waals surface area contributed by atoms with Gasteiger partial charge in [-0.1, -0.05) is 24.8 Å². The molecule has 0 spiro atoms. The van der Waals surface area contributed by atoms with E-state index < -0.39 is 18.6 Å². The molecule has 2 heterocycles. The van der Waals surface area contributed by atoms with Gasteiger partial charge in [0.1, 0.15) is 18.4 Å². The normalized spacial score (nSPS) is 11.2. The number of nitriles is 1. The van der Waals surface area contributed by atoms with Crippen molar-refractivity contribution < 1.29 is 22.8 Å². The molecule has 8 nitrogen and oxygen atoms in total. The molecular formula is C28H23F3N6O2S. The summed E-state index contributed by atoms with van der Waals surface area (Å²) in [6.45, 7) is 2.00. The first-order valence-electron chi connectivity index (χ1n) is 11.7. The van der Waals surface area contributed by atoms with Crippen LogP contribution < -0.4 is 16.4 Å². The molecule has 2 aromatic heterocycles. The minimum atomic E-state index is -4.54. The molecule has 0 fully saturated rings. The Kier molecular flexibility index (Phi) is 7.88. The van der Waals surface area contributed by atoms with E-state index in [-0.39, 0.29) is 17.3 Å². The average Bonchev–Trinajstić information content (AvgIpc) is 3.25. The summed E-state index contributed by atoms with van der Waals surface area (Å²) in [6.07, 6.45) is -0.282. The van der Waals surface area contributed by atoms with E-state index in [9.17, 15) is 28.0 Å². The second kappa shape index (κ2) is 11.2. The monoisotopic (exact) mass is 564 g/mol. The summed E-state index contributed by atoms with van der Waals surface area (Å²) in [5, 5.41) is 14.9. The number of alkyl halides is 3. The van der Waals surface area contributed by atoms with Crippen molar-refractivity contribution in [1.29, 1.82) is 5.26 Å². The summed E-state index contributed by atoms with van der Waals surface area (Å²) in [5.41, 5.74) is 10.5. The number of aromatic nitrogens is 2. The van der Waals surface area contributed by atoms with Crippen molar-refractivity contribution in [3.63, 3.8) is 0 Å². The van der Waals surface area contributed by atoms with Gasteiger partial charge in [-0.2, -0.15) is 18.4 Å². The first kappa shape index (κ1) is 28.3. The lowest BCUT2D eigenvalue weighted by Gasteiger charge is -2.14. The van der Waals surface area contributed by atoms with Crippen molar-refractivity contribution in [1.82, 2.24) is 14.9 Å². The van der Waals surface area contributed by atoms with Crippen LogP contribution in [-0.4, -0.2) is 40.3 Å². The Balaban J connectivity index is 1.93. The van der Waals surface area contributed by atoms with E-state index in [0.717, 1.165) is 11.6 Å². The number of amides is 2. The highest BCUT2D eigenvalue weighted by molar-refractivity contribution is 7.98. The van der Waals surface area contributed by atoms with Crippen molar-refractivity contribution >= 4 is 46.0 Å². The number of anilines is 2. The van der Waals surface area contributed by atoms with Crippen LogP contribution in [0, 0.1) is 11.3 Å². The Hall–Kier alpha value is -4.76. The SMILES string of the molecule is C=CC(=O)Nc1ccc(-c2c(-c3ccc(C(=O)NCC(F)(F)F)c(SC)c3)c3c(N)ncc(C#N)c3n2C)cc1. The highest BCUT2D eigenvalue weighted by Crippen LogP contribution is 2.44. The van der Waals surface area contributed by atoms with Crippen molar-refractivity contribution in [2.24, 2.45) is 7.05 Å². The zero-order valence-corrected chi connectivity index (χ0v) is 22.2. The van der Waals surface area contributed by atoms with Crippen LogP contribution in [0.4, 0.5) is 24.7 Å². The number of nitrogens with zero attached hydrogens (tertiary/aromatic N) is 3. The van der Waals surface area contributed by atoms with E-state index in [2.05, 4.69) is 22.9 Å². The molecule has 0 atom stereocenters. The minimum Gasteiger partial charge on any atom is -0.383 e. The third kappa shape index (κ3) is 5.50. The van der Waals surface area contributed by atoms with Crippen LogP contribution in [0.1, 0.15) is 15.9 Å². The van der Waals surface area contributed by atoms with Gasteiger partial charge in [-0.25, -0.2) is 4.98 Å². The fourth-order valence-corrected chi connectivity index (χ4v) is 5.05. The van der Waals surface area contributed by atoms with Crippen LogP contribution in [0.5, 0.6) is 0 Å². The number of thioether (sulfide) groups is 1. The Labute approximate surface area is 231 Å². The van der Waals surface area contributed by atoms with Gasteiger partial charge in [0.25, 0.3) is 5.91 Å². The lowest BCUT2D eigenvalue weighted by Crippen LogP contribution is -2.33. The summed E-state index contributed by atoms with van der Waals surface area (Å²) >= 11 is 1.21. The number of fused-ring (bicyclic) bond motifs is 1. The van der Waals surface area contributed by atoms with Gasteiger partial charge >= 0.3 is 6.18 Å². The van der Waals surface area contributed by atoms with Crippen molar-refractivity contribution in [2.75, 3.05) is 23.9 Å². The molecule has 0 aliphatic carbocycles. The van der Waals surface area contributed by atoms with Crippen LogP contribution in [-0.2, 0) is 11.8 Å². The Morgan fingerprint density at radius 1 is 1.20 bits per heavy atom. The van der Waals surface area contributed by atoms with Crippen molar-refractivity contribution in [2.45, 2.75) is 11.1 Å². The molecular weight excluding hydrogens is 541 g/mol. The number of hydrogen-bond donors (Lipinski definition) is 3. The molecule has 4 N–H and O–H groups in total. The Bertz CT molecular complexity index is 1690. The van der Waals surface area contributed by atoms with E-state index in [1.54, 1.807) is 49.7 Å². The molecule has 2 amide bonds. The number of pyridine rings is 1. The van der Waals surface area contributed by atoms with Crippen LogP contribution in [0.2, 0.25) is 0 Å². The van der Waals surface area contributed by atoms with Gasteiger partial charge in [-0.3, -0.25) is 9.59 Å². The smallest absolute Gasteiger partial charge is 0.383 e. The van der Waals surface area contributed by atoms with Gasteiger partial charge in [-0.05, 0) is 47.7 Å². The van der Waals surface area contributed by atoms with Crippen LogP contribution in [0.15, 0.2) is 66.2 Å². The molecule has 12 heteroatoms. The number of aryl methyl sites for hydroxylation is 1. The Morgan fingerprint density at radius 2 is 1.88 bits per heavy atom. The number of carbonyl (C=O) groups is 2. The molecule has 0 unspecified atom stereocenters. The molecule has 40 heavy (non-hydrogen) atoms. The lowest BCUT2D eigenvalue weighted by molar-refractivity contribution is -0.123. The molecule has 0 aliphatic rings. The highest BCUT2D eigenvalue weighted by atomic mass is 32.2. The zero-order valence-electron chi connectivity index (χ0n) is 21.4. The van der Waals surface area contributed by atoms with Gasteiger partial charge in [0.2, 0.25) is 5.91 Å². The second-order valence-electron chi connectivity index (χ2n) is 8.66. The maximum atomic E-state index is 12.7. The Morgan fingerprint density at radius 3 is 2.48 bits per heavy atom. The molecule has 0 aliphatic heterocycles. The summed E-state index contributed by atoms with van der Waals surface area (Å²) in [5.74, 6) is -1.03. The van der Waals surface area contributed by atoms with Crippen LogP contribution in [0.3, 0.4) is 0 Å². The van der Waals surface area contributed by atoms with Gasteiger partial charge in [-0.15, -0.1) is 11.8 Å². The summed E-state index contributed by atoms with van der Waals surface area (Å²) in [7, 11) is 1.78. The number of nitrogen functional groups attached to an aromatic ring is 1. The van der Waals surface area contributed by atoms with Gasteiger partial charge in [0.05, 0.1) is 27.7 Å². The van der Waals surface area contributed by atoms with Crippen molar-refractivity contribution in [3.05, 3.63) is 72.4 Å². The van der Waals surface area contributed by atoms with E-state index in [4.69, 9.17) is 5.73 Å². The molecule has 0 radical (unpaired) electrons. The molecule has 4 aromatic rings. The van der Waals surface area contributed by atoms with Gasteiger partial charge in [0, 0.05) is 29.4 Å². The minimum absolute atomic E-state index is 0.0911. The molecule has 0 saturated carbocycles. The van der Waals surface area contributed by atoms with Crippen LogP contribution >= 0.6 is 11.8 Å². The zero-order chi connectivity index (χ0) is 29.2. The number of nitrogens with one attached hydrogen (secondary N) is 2. The van der Waals surface area contributed by atoms with E-state index >= 15 is 0 Å². The largest absolute Gasteiger partial charge is 0.405 e. The van der Waals surface area contributed by atoms with Gasteiger partial charge < -0.3 is 20.9 Å². The molecule has 0 saturated heterocycles. The predicted octanol–water partition coefficient (Wildman–Crippen LogP) is 5.50. The number of rotatable bonds is 7. The van der Waals surface area contributed by atoms with Gasteiger partial charge in [0.15, 0.2) is 0 Å². The number of halogens is 3. The standard InChI is InChI=1S/C28H23F3N6O2S/c1-4-21(38)36-18-8-5-15(6-9-18)24-22(23-25(37(24)2)17(12-32)13-34-26(23)33)16-7-10-19(20(11-16)40-3)27(39)35-14-28(29,30)31/h4-11,13H,1,14H2,2-3H3,(H2,33,34)(H,35,39)(H,36,38). The molecule has 0 bridgehead atoms. The van der Waals surface area contributed by atoms with Crippen LogP contribution in [0.25, 0.3) is 33.3 Å². The fourth-order valence-electron chi connectivity index (χ4n) is 4.42. The second-order valence-corrected chi connectivity index (χ2v) is 9.51. The first-order valence-corrected chi connectivity index (χ1v) is 13.0. The summed E-state index contributed by atoms with van der Waals surface area (Å²) in [4.78, 5) is 28.9. The highest BCUT2D eigenvalue weighted by Gasteiger charge is 2.29. The number of hydrogen-bond acceptors (Lipinski definition) is 6. The molecule has 4 rings (SSSR count). The summed E-state index contributed by atoms with van der Waals surface area (Å²) in [6, 6.07) is 13.9. The third-order valence-corrected chi connectivity index (χ3v) is 6.93. The first-order chi connectivity index (χ1) is 19.0. The van der Waals surface area contributed by atoms with E-state index in [1.807, 2.05) is 9.88 Å². The lowest BCUT2D eigenvalue weighted by atomic mass is 9.97. The third-order valence-electron chi connectivity index (χ3n) is 6.15. The number of nitrogens with two attached hydrogens (primary N) is 1. The topological polar surface area (TPSA) is 126 Å². The molecule has 2 aromatic carbocycles. The van der Waals surface area contributed by atoms with Crippen molar-refractivity contribution in [3.8, 4) is 28.5 Å². The summed E-state index contributed by atoms with van der Waals surface area (Å²) < 4.78 is 39.8. The maximum absolute atomic E-state index is 12.7. The maximum Gasteiger partial charge on any atom is 0.405 e. The van der Waals surface area contributed by atoms with E-state index in [0.29, 0.717) is 43.9 Å². The number of benzene rings is 2. The fraction of sp³-hybridized carbons (Fsp3) is 0.143. The van der Waals surface area contributed by atoms with E-state index in [1.165, 1.54) is 24.0 Å². The predicted molar refractivity (Wildman–Crippen MR) is 150 cm³/mol. The average molecular weight is 565 g/mol.